The predicted molar refractivity (Wildman–Crippen MR) is 87.3 cm³/mol. The molecule has 0 saturated heterocycles. The topological polar surface area (TPSA) is 22.0 Å². The summed E-state index contributed by atoms with van der Waals surface area (Å²) in [6, 6.07) is 15.6. The van der Waals surface area contributed by atoms with Crippen molar-refractivity contribution in [2.24, 2.45) is 0 Å². The third-order valence-corrected chi connectivity index (χ3v) is 3.20. The van der Waals surface area contributed by atoms with Gasteiger partial charge in [-0.1, -0.05) is 30.3 Å². The maximum absolute atomic E-state index is 12.3. The van der Waals surface area contributed by atoms with Crippen molar-refractivity contribution in [1.29, 1.82) is 0 Å². The van der Waals surface area contributed by atoms with Gasteiger partial charge in [0.05, 0.1) is 11.0 Å². The average molecular weight is 265 g/mol. The molecule has 0 bridgehead atoms. The average Bonchev–Trinajstić information content (AvgIpc) is 2.49. The first-order valence-corrected chi connectivity index (χ1v) is 6.81. The van der Waals surface area contributed by atoms with Crippen LogP contribution in [0.2, 0.25) is 0 Å². The molecule has 1 aromatic heterocycles. The minimum Gasteiger partial charge on any atom is -0.341 e. The zero-order valence-corrected chi connectivity index (χ0v) is 12.0. The molecule has 0 N–H and O–H groups in total. The molecule has 1 heterocycles. The van der Waals surface area contributed by atoms with Crippen LogP contribution in [0, 0.1) is 0 Å². The molecule has 0 aliphatic carbocycles. The number of allylic oxidation sites excluding steroid dienone is 1. The Kier molecular flexibility index (Phi) is 4.36. The molecule has 0 saturated carbocycles. The van der Waals surface area contributed by atoms with Gasteiger partial charge >= 0.3 is 0 Å². The van der Waals surface area contributed by atoms with Gasteiger partial charge in [-0.2, -0.15) is 0 Å². The van der Waals surface area contributed by atoms with Crippen LogP contribution < -0.4 is 5.43 Å². The van der Waals surface area contributed by atoms with Crippen molar-refractivity contribution in [2.75, 3.05) is 0 Å². The van der Waals surface area contributed by atoms with Gasteiger partial charge in [0.2, 0.25) is 0 Å². The second-order valence-corrected chi connectivity index (χ2v) is 4.52. The Morgan fingerprint density at radius 2 is 1.40 bits per heavy atom. The van der Waals surface area contributed by atoms with E-state index >= 15 is 0 Å². The number of aromatic nitrogens is 1. The van der Waals surface area contributed by atoms with Crippen molar-refractivity contribution >= 4 is 21.8 Å². The van der Waals surface area contributed by atoms with Gasteiger partial charge in [-0.05, 0) is 38.1 Å². The second-order valence-electron chi connectivity index (χ2n) is 4.52. The highest BCUT2D eigenvalue weighted by Crippen LogP contribution is 2.18. The first-order chi connectivity index (χ1) is 9.74. The smallest absolute Gasteiger partial charge is 0.197 e. The lowest BCUT2D eigenvalue weighted by Gasteiger charge is -2.12. The van der Waals surface area contributed by atoms with E-state index in [2.05, 4.69) is 18.1 Å². The molecule has 0 unspecified atom stereocenters. The van der Waals surface area contributed by atoms with E-state index in [1.807, 2.05) is 55.5 Å². The van der Waals surface area contributed by atoms with E-state index < -0.39 is 0 Å². The largest absolute Gasteiger partial charge is 0.341 e. The van der Waals surface area contributed by atoms with Crippen molar-refractivity contribution in [3.8, 4) is 0 Å². The molecule has 0 atom stereocenters. The number of hydrogen-bond acceptors (Lipinski definition) is 1. The monoisotopic (exact) mass is 265 g/mol. The Morgan fingerprint density at radius 1 is 1.00 bits per heavy atom. The number of aryl methyl sites for hydroxylation is 1. The van der Waals surface area contributed by atoms with Gasteiger partial charge < -0.3 is 4.57 Å². The Balaban J connectivity index is 0.000000452. The standard InChI is InChI=1S/C15H13NO.C3H6/c1-2-16-13-9-5-3-7-11(13)15(17)12-8-4-6-10-14(12)16;1-3-2/h3-10H,2H2,1H3;3H,1H2,2H3. The minimum atomic E-state index is 0.126. The molecule has 0 aliphatic rings. The van der Waals surface area contributed by atoms with Crippen molar-refractivity contribution < 1.29 is 0 Å². The van der Waals surface area contributed by atoms with Crippen molar-refractivity contribution in [3.63, 3.8) is 0 Å². The number of benzene rings is 2. The van der Waals surface area contributed by atoms with Crippen LogP contribution in [0.3, 0.4) is 0 Å². The third-order valence-electron chi connectivity index (χ3n) is 3.20. The number of rotatable bonds is 1. The first-order valence-electron chi connectivity index (χ1n) is 6.81. The van der Waals surface area contributed by atoms with Crippen molar-refractivity contribution in [1.82, 2.24) is 4.57 Å². The summed E-state index contributed by atoms with van der Waals surface area (Å²) in [6.07, 6.45) is 1.75. The predicted octanol–water partition coefficient (Wildman–Crippen LogP) is 4.37. The Morgan fingerprint density at radius 3 is 1.80 bits per heavy atom. The quantitative estimate of drug-likeness (QED) is 0.473. The lowest BCUT2D eigenvalue weighted by Crippen LogP contribution is -2.10. The molecule has 0 fully saturated rings. The summed E-state index contributed by atoms with van der Waals surface area (Å²) in [7, 11) is 0. The van der Waals surface area contributed by atoms with Gasteiger partial charge in [0.15, 0.2) is 5.43 Å². The molecule has 0 amide bonds. The lowest BCUT2D eigenvalue weighted by molar-refractivity contribution is 0.821. The van der Waals surface area contributed by atoms with Crippen LogP contribution in [0.15, 0.2) is 66.0 Å². The van der Waals surface area contributed by atoms with E-state index in [9.17, 15) is 4.79 Å². The summed E-state index contributed by atoms with van der Waals surface area (Å²) < 4.78 is 2.19. The molecule has 0 radical (unpaired) electrons. The number of para-hydroxylation sites is 2. The molecule has 2 nitrogen and oxygen atoms in total. The lowest BCUT2D eigenvalue weighted by atomic mass is 10.1. The van der Waals surface area contributed by atoms with E-state index in [1.165, 1.54) is 0 Å². The summed E-state index contributed by atoms with van der Waals surface area (Å²) in [6.45, 7) is 8.21. The fraction of sp³-hybridized carbons (Fsp3) is 0.167. The molecule has 2 heteroatoms. The first kappa shape index (κ1) is 14.1. The summed E-state index contributed by atoms with van der Waals surface area (Å²) in [5.74, 6) is 0. The van der Waals surface area contributed by atoms with Crippen molar-refractivity contribution in [2.45, 2.75) is 20.4 Å². The Bertz CT molecular complexity index is 739. The second kappa shape index (κ2) is 6.20. The molecular weight excluding hydrogens is 246 g/mol. The van der Waals surface area contributed by atoms with Gasteiger partial charge in [0.25, 0.3) is 0 Å². The van der Waals surface area contributed by atoms with Crippen LogP contribution in [0.4, 0.5) is 0 Å². The van der Waals surface area contributed by atoms with Gasteiger partial charge in [0, 0.05) is 17.3 Å². The van der Waals surface area contributed by atoms with Crippen LogP contribution >= 0.6 is 0 Å². The van der Waals surface area contributed by atoms with Crippen LogP contribution in [0.25, 0.3) is 21.8 Å². The van der Waals surface area contributed by atoms with E-state index in [4.69, 9.17) is 0 Å². The maximum atomic E-state index is 12.3. The van der Waals surface area contributed by atoms with Gasteiger partial charge in [-0.25, -0.2) is 0 Å². The van der Waals surface area contributed by atoms with E-state index in [0.29, 0.717) is 0 Å². The highest BCUT2D eigenvalue weighted by molar-refractivity contribution is 5.93. The Hall–Kier alpha value is -2.35. The highest BCUT2D eigenvalue weighted by atomic mass is 16.1. The molecule has 20 heavy (non-hydrogen) atoms. The summed E-state index contributed by atoms with van der Waals surface area (Å²) in [5, 5.41) is 1.60. The number of fused-ring (bicyclic) bond motifs is 2. The van der Waals surface area contributed by atoms with Gasteiger partial charge in [-0.3, -0.25) is 4.79 Å². The number of pyridine rings is 1. The molecule has 2 aromatic carbocycles. The normalized spacial score (nSPS) is 10.1. The van der Waals surface area contributed by atoms with Crippen molar-refractivity contribution in [3.05, 3.63) is 71.4 Å². The molecule has 102 valence electrons. The highest BCUT2D eigenvalue weighted by Gasteiger charge is 2.07. The molecule has 0 spiro atoms. The zero-order chi connectivity index (χ0) is 14.5. The van der Waals surface area contributed by atoms with E-state index in [0.717, 1.165) is 28.4 Å². The SMILES string of the molecule is C=CC.CCn1c2ccccc2c(=O)c2ccccc21. The van der Waals surface area contributed by atoms with Gasteiger partial charge in [0.1, 0.15) is 0 Å². The third kappa shape index (κ3) is 2.37. The van der Waals surface area contributed by atoms with Crippen LogP contribution in [-0.2, 0) is 6.54 Å². The number of nitrogens with zero attached hydrogens (tertiary/aromatic N) is 1. The van der Waals surface area contributed by atoms with Crippen LogP contribution in [0.5, 0.6) is 0 Å². The summed E-state index contributed by atoms with van der Waals surface area (Å²) in [5.41, 5.74) is 2.15. The summed E-state index contributed by atoms with van der Waals surface area (Å²) in [4.78, 5) is 12.3. The van der Waals surface area contributed by atoms with E-state index in [-0.39, 0.29) is 5.43 Å². The fourth-order valence-corrected chi connectivity index (χ4v) is 2.42. The maximum Gasteiger partial charge on any atom is 0.197 e. The van der Waals surface area contributed by atoms with Gasteiger partial charge in [-0.15, -0.1) is 6.58 Å². The van der Waals surface area contributed by atoms with E-state index in [1.54, 1.807) is 6.08 Å². The van der Waals surface area contributed by atoms with Crippen LogP contribution in [-0.4, -0.2) is 4.57 Å². The molecule has 0 aliphatic heterocycles. The fourth-order valence-electron chi connectivity index (χ4n) is 2.42. The van der Waals surface area contributed by atoms with Crippen LogP contribution in [0.1, 0.15) is 13.8 Å². The number of hydrogen-bond donors (Lipinski definition) is 0. The molecular formula is C18H19NO. The zero-order valence-electron chi connectivity index (χ0n) is 12.0. The molecule has 3 rings (SSSR count). The summed E-state index contributed by atoms with van der Waals surface area (Å²) >= 11 is 0. The Labute approximate surface area is 119 Å². The minimum absolute atomic E-state index is 0.126. The molecule has 3 aromatic rings.